The number of methoxy groups -OCH3 is 1. The average molecular weight is 332 g/mol. The van der Waals surface area contributed by atoms with Gasteiger partial charge >= 0.3 is 0 Å². The SMILES string of the molecule is COC1CCCN(S(=O)(=O)c2cccc(F)c2C(N)=S)C1. The molecule has 0 saturated carbocycles. The topological polar surface area (TPSA) is 72.6 Å². The van der Waals surface area contributed by atoms with Crippen LogP contribution in [-0.4, -0.2) is 44.0 Å². The van der Waals surface area contributed by atoms with Crippen molar-refractivity contribution in [3.8, 4) is 0 Å². The third-order valence-corrected chi connectivity index (χ3v) is 5.63. The van der Waals surface area contributed by atoms with Crippen LogP contribution in [0.3, 0.4) is 0 Å². The monoisotopic (exact) mass is 332 g/mol. The number of hydrogen-bond acceptors (Lipinski definition) is 4. The van der Waals surface area contributed by atoms with E-state index in [0.29, 0.717) is 13.0 Å². The van der Waals surface area contributed by atoms with Crippen molar-refractivity contribution in [2.75, 3.05) is 20.2 Å². The van der Waals surface area contributed by atoms with Gasteiger partial charge in [0, 0.05) is 20.2 Å². The molecule has 0 radical (unpaired) electrons. The first-order valence-corrected chi connectivity index (χ1v) is 8.34. The molecule has 1 atom stereocenters. The third-order valence-electron chi connectivity index (χ3n) is 3.51. The summed E-state index contributed by atoms with van der Waals surface area (Å²) in [5.74, 6) is -0.733. The molecule has 1 aliphatic heterocycles. The highest BCUT2D eigenvalue weighted by atomic mass is 32.2. The summed E-state index contributed by atoms with van der Waals surface area (Å²) in [6, 6.07) is 3.80. The Morgan fingerprint density at radius 3 is 2.86 bits per heavy atom. The Balaban J connectivity index is 2.45. The minimum absolute atomic E-state index is 0.157. The summed E-state index contributed by atoms with van der Waals surface area (Å²) >= 11 is 4.78. The van der Waals surface area contributed by atoms with Crippen molar-refractivity contribution >= 4 is 27.2 Å². The predicted octanol–water partition coefficient (Wildman–Crippen LogP) is 1.26. The molecule has 0 spiro atoms. The van der Waals surface area contributed by atoms with Crippen LogP contribution in [0.1, 0.15) is 18.4 Å². The fraction of sp³-hybridized carbons (Fsp3) is 0.462. The highest BCUT2D eigenvalue weighted by Gasteiger charge is 2.33. The number of halogens is 1. The van der Waals surface area contributed by atoms with Crippen LogP contribution in [0.25, 0.3) is 0 Å². The number of sulfonamides is 1. The molecule has 2 N–H and O–H groups in total. The molecular weight excluding hydrogens is 315 g/mol. The number of ether oxygens (including phenoxy) is 1. The first-order chi connectivity index (χ1) is 9.87. The lowest BCUT2D eigenvalue weighted by molar-refractivity contribution is 0.0572. The van der Waals surface area contributed by atoms with E-state index in [4.69, 9.17) is 22.7 Å². The quantitative estimate of drug-likeness (QED) is 0.841. The third kappa shape index (κ3) is 3.23. The highest BCUT2D eigenvalue weighted by Crippen LogP contribution is 2.26. The van der Waals surface area contributed by atoms with Crippen molar-refractivity contribution in [2.45, 2.75) is 23.8 Å². The van der Waals surface area contributed by atoms with E-state index in [1.165, 1.54) is 16.4 Å². The molecule has 21 heavy (non-hydrogen) atoms. The van der Waals surface area contributed by atoms with E-state index in [2.05, 4.69) is 0 Å². The molecule has 0 amide bonds. The van der Waals surface area contributed by atoms with E-state index < -0.39 is 15.8 Å². The molecule has 1 aromatic rings. The van der Waals surface area contributed by atoms with Gasteiger partial charge in [0.2, 0.25) is 10.0 Å². The van der Waals surface area contributed by atoms with Crippen molar-refractivity contribution in [2.24, 2.45) is 5.73 Å². The summed E-state index contributed by atoms with van der Waals surface area (Å²) in [6.45, 7) is 0.613. The van der Waals surface area contributed by atoms with E-state index in [-0.39, 0.29) is 28.1 Å². The normalized spacial score (nSPS) is 20.4. The van der Waals surface area contributed by atoms with Crippen molar-refractivity contribution in [3.05, 3.63) is 29.6 Å². The lowest BCUT2D eigenvalue weighted by Gasteiger charge is -2.31. The maximum atomic E-state index is 13.9. The number of rotatable bonds is 4. The summed E-state index contributed by atoms with van der Waals surface area (Å²) in [6.07, 6.45) is 1.33. The Morgan fingerprint density at radius 2 is 2.24 bits per heavy atom. The van der Waals surface area contributed by atoms with Gasteiger partial charge < -0.3 is 10.5 Å². The molecule has 1 aromatic carbocycles. The van der Waals surface area contributed by atoms with E-state index in [1.54, 1.807) is 7.11 Å². The molecule has 1 heterocycles. The maximum absolute atomic E-state index is 13.9. The number of benzene rings is 1. The summed E-state index contributed by atoms with van der Waals surface area (Å²) in [7, 11) is -2.31. The maximum Gasteiger partial charge on any atom is 0.243 e. The molecule has 0 aliphatic carbocycles. The van der Waals surface area contributed by atoms with Gasteiger partial charge in [-0.15, -0.1) is 0 Å². The van der Waals surface area contributed by atoms with Crippen molar-refractivity contribution < 1.29 is 17.5 Å². The molecule has 0 aromatic heterocycles. The van der Waals surface area contributed by atoms with Gasteiger partial charge in [0.05, 0.1) is 16.6 Å². The first-order valence-electron chi connectivity index (χ1n) is 6.49. The van der Waals surface area contributed by atoms with Crippen LogP contribution in [0, 0.1) is 5.82 Å². The number of hydrogen-bond donors (Lipinski definition) is 1. The smallest absolute Gasteiger partial charge is 0.243 e. The lowest BCUT2D eigenvalue weighted by Crippen LogP contribution is -2.43. The molecule has 8 heteroatoms. The van der Waals surface area contributed by atoms with Gasteiger partial charge in [-0.3, -0.25) is 0 Å². The van der Waals surface area contributed by atoms with E-state index in [1.807, 2.05) is 0 Å². The first kappa shape index (κ1) is 16.3. The number of nitrogens with two attached hydrogens (primary N) is 1. The Hall–Kier alpha value is -1.09. The van der Waals surface area contributed by atoms with Gasteiger partial charge in [0.25, 0.3) is 0 Å². The summed E-state index contributed by atoms with van der Waals surface area (Å²) < 4.78 is 45.8. The van der Waals surface area contributed by atoms with Crippen molar-refractivity contribution in [3.63, 3.8) is 0 Å². The molecule has 1 saturated heterocycles. The van der Waals surface area contributed by atoms with E-state index in [9.17, 15) is 12.8 Å². The van der Waals surface area contributed by atoms with Crippen LogP contribution in [0.2, 0.25) is 0 Å². The zero-order chi connectivity index (χ0) is 15.6. The van der Waals surface area contributed by atoms with Gasteiger partial charge in [-0.2, -0.15) is 4.31 Å². The Kier molecular flexibility index (Phi) is 4.92. The van der Waals surface area contributed by atoms with Gasteiger partial charge in [0.15, 0.2) is 0 Å². The molecular formula is C13H17FN2O3S2. The number of nitrogens with zero attached hydrogens (tertiary/aromatic N) is 1. The standard InChI is InChI=1S/C13H17FN2O3S2/c1-19-9-4-3-7-16(8-9)21(17,18)11-6-2-5-10(14)12(11)13(15)20/h2,5-6,9H,3-4,7-8H2,1H3,(H2,15,20). The molecule has 0 bridgehead atoms. The fourth-order valence-electron chi connectivity index (χ4n) is 2.41. The summed E-state index contributed by atoms with van der Waals surface area (Å²) in [5, 5.41) is 0. The van der Waals surface area contributed by atoms with Crippen LogP contribution in [-0.2, 0) is 14.8 Å². The molecule has 1 fully saturated rings. The average Bonchev–Trinajstić information content (AvgIpc) is 2.46. The summed E-state index contributed by atoms with van der Waals surface area (Å²) in [4.78, 5) is -0.460. The Morgan fingerprint density at radius 1 is 1.52 bits per heavy atom. The Bertz CT molecular complexity index is 649. The number of piperidine rings is 1. The zero-order valence-corrected chi connectivity index (χ0v) is 13.2. The van der Waals surface area contributed by atoms with Crippen LogP contribution in [0.15, 0.2) is 23.1 Å². The molecule has 116 valence electrons. The van der Waals surface area contributed by atoms with E-state index >= 15 is 0 Å². The molecule has 1 unspecified atom stereocenters. The second-order valence-corrected chi connectivity index (χ2v) is 7.19. The lowest BCUT2D eigenvalue weighted by atomic mass is 10.1. The predicted molar refractivity (Wildman–Crippen MR) is 81.1 cm³/mol. The largest absolute Gasteiger partial charge is 0.389 e. The second kappa shape index (κ2) is 6.35. The fourth-order valence-corrected chi connectivity index (χ4v) is 4.41. The minimum Gasteiger partial charge on any atom is -0.389 e. The van der Waals surface area contributed by atoms with Gasteiger partial charge in [0.1, 0.15) is 10.8 Å². The van der Waals surface area contributed by atoms with Gasteiger partial charge in [-0.05, 0) is 25.0 Å². The van der Waals surface area contributed by atoms with Crippen LogP contribution in [0.4, 0.5) is 4.39 Å². The Labute approximate surface area is 128 Å². The van der Waals surface area contributed by atoms with Crippen molar-refractivity contribution in [1.29, 1.82) is 0 Å². The second-order valence-electron chi connectivity index (χ2n) is 4.84. The minimum atomic E-state index is -3.86. The van der Waals surface area contributed by atoms with Crippen LogP contribution >= 0.6 is 12.2 Å². The summed E-state index contributed by atoms with van der Waals surface area (Å²) in [5.41, 5.74) is 5.25. The number of thiocarbonyl (C=S) groups is 1. The molecule has 1 aliphatic rings. The molecule has 2 rings (SSSR count). The zero-order valence-electron chi connectivity index (χ0n) is 11.6. The van der Waals surface area contributed by atoms with Crippen LogP contribution in [0.5, 0.6) is 0 Å². The van der Waals surface area contributed by atoms with Gasteiger partial charge in [-0.1, -0.05) is 18.3 Å². The van der Waals surface area contributed by atoms with Crippen LogP contribution < -0.4 is 5.73 Å². The molecule has 5 nitrogen and oxygen atoms in total. The van der Waals surface area contributed by atoms with Crippen molar-refractivity contribution in [1.82, 2.24) is 4.31 Å². The van der Waals surface area contributed by atoms with E-state index in [0.717, 1.165) is 12.5 Å². The highest BCUT2D eigenvalue weighted by molar-refractivity contribution is 7.89. The van der Waals surface area contributed by atoms with Gasteiger partial charge in [-0.25, -0.2) is 12.8 Å².